The van der Waals surface area contributed by atoms with E-state index in [1.165, 1.54) is 5.56 Å². The van der Waals surface area contributed by atoms with Crippen molar-refractivity contribution in [3.05, 3.63) is 35.4 Å². The number of nitrogens with one attached hydrogen (secondary N) is 1. The normalized spacial score (nSPS) is 17.2. The van der Waals surface area contributed by atoms with Crippen LogP contribution in [-0.4, -0.2) is 62.0 Å². The minimum absolute atomic E-state index is 0.0313. The highest BCUT2D eigenvalue weighted by Crippen LogP contribution is 2.22. The molecule has 4 nitrogen and oxygen atoms in total. The van der Waals surface area contributed by atoms with Crippen molar-refractivity contribution in [1.82, 2.24) is 15.1 Å². The van der Waals surface area contributed by atoms with Gasteiger partial charge in [-0.05, 0) is 43.1 Å². The van der Waals surface area contributed by atoms with Crippen LogP contribution in [0.1, 0.15) is 43.1 Å². The third-order valence-electron chi connectivity index (χ3n) is 4.55. The van der Waals surface area contributed by atoms with Crippen molar-refractivity contribution in [1.29, 1.82) is 0 Å². The summed E-state index contributed by atoms with van der Waals surface area (Å²) in [6.07, 6.45) is 1.01. The first-order chi connectivity index (χ1) is 10.9. The maximum Gasteiger partial charge on any atom is 0.251 e. The molecule has 1 N–H and O–H groups in total. The van der Waals surface area contributed by atoms with Gasteiger partial charge in [0.1, 0.15) is 0 Å². The molecule has 128 valence electrons. The Kier molecular flexibility index (Phi) is 6.19. The molecule has 0 aromatic heterocycles. The van der Waals surface area contributed by atoms with Crippen LogP contribution in [0.2, 0.25) is 0 Å². The first-order valence-corrected chi connectivity index (χ1v) is 8.66. The maximum atomic E-state index is 12.2. The number of hydrogen-bond donors (Lipinski definition) is 1. The third kappa shape index (κ3) is 5.63. The van der Waals surface area contributed by atoms with E-state index in [-0.39, 0.29) is 11.3 Å². The van der Waals surface area contributed by atoms with Gasteiger partial charge >= 0.3 is 0 Å². The maximum absolute atomic E-state index is 12.2. The van der Waals surface area contributed by atoms with Crippen LogP contribution < -0.4 is 5.32 Å². The zero-order valence-electron chi connectivity index (χ0n) is 15.1. The van der Waals surface area contributed by atoms with E-state index in [1.54, 1.807) is 0 Å². The number of likely N-dealkylation sites (N-methyl/N-ethyl adjacent to an activating group) is 1. The SMILES string of the molecule is CN1CCN(CCCNC(=O)c2ccc(C(C)(C)C)cc2)CC1. The number of rotatable bonds is 5. The van der Waals surface area contributed by atoms with Crippen LogP contribution in [0.25, 0.3) is 0 Å². The number of benzene rings is 1. The molecular formula is C19H31N3O. The molecule has 4 heteroatoms. The van der Waals surface area contributed by atoms with Gasteiger partial charge < -0.3 is 15.1 Å². The minimum atomic E-state index is 0.0313. The van der Waals surface area contributed by atoms with Gasteiger partial charge in [0.2, 0.25) is 0 Å². The van der Waals surface area contributed by atoms with E-state index in [9.17, 15) is 4.79 Å². The lowest BCUT2D eigenvalue weighted by Crippen LogP contribution is -2.45. The lowest BCUT2D eigenvalue weighted by atomic mass is 9.87. The molecular weight excluding hydrogens is 286 g/mol. The van der Waals surface area contributed by atoms with Gasteiger partial charge in [0.15, 0.2) is 0 Å². The van der Waals surface area contributed by atoms with Crippen molar-refractivity contribution in [2.24, 2.45) is 0 Å². The van der Waals surface area contributed by atoms with Crippen LogP contribution in [-0.2, 0) is 5.41 Å². The summed E-state index contributed by atoms with van der Waals surface area (Å²) < 4.78 is 0. The fraction of sp³-hybridized carbons (Fsp3) is 0.632. The zero-order chi connectivity index (χ0) is 16.9. The smallest absolute Gasteiger partial charge is 0.251 e. The van der Waals surface area contributed by atoms with Crippen LogP contribution in [0.5, 0.6) is 0 Å². The van der Waals surface area contributed by atoms with E-state index >= 15 is 0 Å². The first kappa shape index (κ1) is 18.0. The summed E-state index contributed by atoms with van der Waals surface area (Å²) in [4.78, 5) is 17.0. The van der Waals surface area contributed by atoms with Gasteiger partial charge in [0.25, 0.3) is 5.91 Å². The summed E-state index contributed by atoms with van der Waals surface area (Å²) in [5.41, 5.74) is 2.12. The van der Waals surface area contributed by atoms with Crippen molar-refractivity contribution in [3.8, 4) is 0 Å². The number of carbonyl (C=O) groups excluding carboxylic acids is 1. The highest BCUT2D eigenvalue weighted by Gasteiger charge is 2.15. The molecule has 0 aliphatic carbocycles. The molecule has 1 aromatic rings. The highest BCUT2D eigenvalue weighted by molar-refractivity contribution is 5.94. The molecule has 1 fully saturated rings. The van der Waals surface area contributed by atoms with Crippen molar-refractivity contribution in [3.63, 3.8) is 0 Å². The predicted molar refractivity (Wildman–Crippen MR) is 96.0 cm³/mol. The van der Waals surface area contributed by atoms with Gasteiger partial charge in [-0.2, -0.15) is 0 Å². The van der Waals surface area contributed by atoms with Crippen molar-refractivity contribution in [2.45, 2.75) is 32.6 Å². The Labute approximate surface area is 140 Å². The predicted octanol–water partition coefficient (Wildman–Crippen LogP) is 2.35. The van der Waals surface area contributed by atoms with Gasteiger partial charge in [0, 0.05) is 38.3 Å². The van der Waals surface area contributed by atoms with Gasteiger partial charge in [-0.1, -0.05) is 32.9 Å². The fourth-order valence-corrected chi connectivity index (χ4v) is 2.80. The fourth-order valence-electron chi connectivity index (χ4n) is 2.80. The lowest BCUT2D eigenvalue weighted by Gasteiger charge is -2.32. The Balaban J connectivity index is 1.70. The second kappa shape index (κ2) is 7.93. The molecule has 0 atom stereocenters. The Morgan fingerprint density at radius 3 is 2.26 bits per heavy atom. The summed E-state index contributed by atoms with van der Waals surface area (Å²) in [6, 6.07) is 7.96. The van der Waals surface area contributed by atoms with Crippen molar-refractivity contribution < 1.29 is 4.79 Å². The van der Waals surface area contributed by atoms with Crippen LogP contribution in [0.4, 0.5) is 0 Å². The number of piperazine rings is 1. The van der Waals surface area contributed by atoms with E-state index in [1.807, 2.05) is 12.1 Å². The summed E-state index contributed by atoms with van der Waals surface area (Å²) in [7, 11) is 2.17. The summed E-state index contributed by atoms with van der Waals surface area (Å²) in [6.45, 7) is 12.9. The molecule has 0 bridgehead atoms. The average molecular weight is 317 g/mol. The summed E-state index contributed by atoms with van der Waals surface area (Å²) in [5.74, 6) is 0.0313. The molecule has 1 aliphatic rings. The van der Waals surface area contributed by atoms with E-state index in [0.29, 0.717) is 0 Å². The first-order valence-electron chi connectivity index (χ1n) is 8.66. The van der Waals surface area contributed by atoms with Crippen molar-refractivity contribution in [2.75, 3.05) is 46.3 Å². The van der Waals surface area contributed by atoms with Gasteiger partial charge in [-0.25, -0.2) is 0 Å². The number of hydrogen-bond acceptors (Lipinski definition) is 3. The van der Waals surface area contributed by atoms with Gasteiger partial charge in [-0.3, -0.25) is 4.79 Å². The topological polar surface area (TPSA) is 35.6 Å². The number of nitrogens with zero attached hydrogens (tertiary/aromatic N) is 2. The van der Waals surface area contributed by atoms with Crippen LogP contribution in [0.15, 0.2) is 24.3 Å². The van der Waals surface area contributed by atoms with E-state index in [2.05, 4.69) is 55.1 Å². The summed E-state index contributed by atoms with van der Waals surface area (Å²) in [5, 5.41) is 3.03. The minimum Gasteiger partial charge on any atom is -0.352 e. The van der Waals surface area contributed by atoms with Crippen molar-refractivity contribution >= 4 is 5.91 Å². The molecule has 1 amide bonds. The molecule has 1 heterocycles. The van der Waals surface area contributed by atoms with Crippen LogP contribution in [0.3, 0.4) is 0 Å². The second-order valence-electron chi connectivity index (χ2n) is 7.58. The van der Waals surface area contributed by atoms with E-state index in [0.717, 1.165) is 51.3 Å². The summed E-state index contributed by atoms with van der Waals surface area (Å²) >= 11 is 0. The average Bonchev–Trinajstić information content (AvgIpc) is 2.52. The van der Waals surface area contributed by atoms with E-state index < -0.39 is 0 Å². The largest absolute Gasteiger partial charge is 0.352 e. The molecule has 2 rings (SSSR count). The second-order valence-corrected chi connectivity index (χ2v) is 7.58. The standard InChI is InChI=1S/C19H31N3O/c1-19(2,3)17-8-6-16(7-9-17)18(23)20-10-5-11-22-14-12-21(4)13-15-22/h6-9H,5,10-15H2,1-4H3,(H,20,23). The molecule has 0 spiro atoms. The zero-order valence-corrected chi connectivity index (χ0v) is 15.1. The Hall–Kier alpha value is -1.39. The molecule has 1 saturated heterocycles. The van der Waals surface area contributed by atoms with Crippen LogP contribution >= 0.6 is 0 Å². The quantitative estimate of drug-likeness (QED) is 0.847. The van der Waals surface area contributed by atoms with Crippen LogP contribution in [0, 0.1) is 0 Å². The molecule has 0 unspecified atom stereocenters. The highest BCUT2D eigenvalue weighted by atomic mass is 16.1. The number of carbonyl (C=O) groups is 1. The Morgan fingerprint density at radius 1 is 1.09 bits per heavy atom. The molecule has 0 radical (unpaired) electrons. The molecule has 23 heavy (non-hydrogen) atoms. The molecule has 1 aliphatic heterocycles. The Morgan fingerprint density at radius 2 is 1.70 bits per heavy atom. The van der Waals surface area contributed by atoms with Gasteiger partial charge in [-0.15, -0.1) is 0 Å². The number of amides is 1. The molecule has 1 aromatic carbocycles. The Bertz CT molecular complexity index is 496. The van der Waals surface area contributed by atoms with Gasteiger partial charge in [0.05, 0.1) is 0 Å². The van der Waals surface area contributed by atoms with E-state index in [4.69, 9.17) is 0 Å². The monoisotopic (exact) mass is 317 g/mol. The lowest BCUT2D eigenvalue weighted by molar-refractivity contribution is 0.0949. The third-order valence-corrected chi connectivity index (χ3v) is 4.55. The molecule has 0 saturated carbocycles.